The number of halogens is 2. The Labute approximate surface area is 180 Å². The number of nitrogens with zero attached hydrogens (tertiary/aromatic N) is 4. The summed E-state index contributed by atoms with van der Waals surface area (Å²) >= 11 is 0. The Balaban J connectivity index is 1.35. The van der Waals surface area contributed by atoms with Gasteiger partial charge < -0.3 is 4.90 Å². The number of likely N-dealkylation sites (tertiary alicyclic amines) is 1. The van der Waals surface area contributed by atoms with E-state index in [4.69, 9.17) is 0 Å². The molecule has 2 heterocycles. The molecule has 0 radical (unpaired) electrons. The number of aromatic nitrogens is 2. The molecule has 1 amide bonds. The number of rotatable bonds is 6. The average Bonchev–Trinajstić information content (AvgIpc) is 3.24. The number of benzene rings is 2. The molecular formula is C24H26F2N4O. The first-order chi connectivity index (χ1) is 15.0. The Hall–Kier alpha value is -3.06. The fourth-order valence-electron chi connectivity index (χ4n) is 4.08. The van der Waals surface area contributed by atoms with E-state index in [0.717, 1.165) is 31.1 Å². The van der Waals surface area contributed by atoms with Crippen molar-refractivity contribution in [2.24, 2.45) is 0 Å². The van der Waals surface area contributed by atoms with Crippen LogP contribution in [0.2, 0.25) is 0 Å². The summed E-state index contributed by atoms with van der Waals surface area (Å²) in [7, 11) is 2.08. The van der Waals surface area contributed by atoms with E-state index < -0.39 is 11.6 Å². The summed E-state index contributed by atoms with van der Waals surface area (Å²) in [5.41, 5.74) is 2.83. The highest BCUT2D eigenvalue weighted by atomic mass is 19.2. The number of carbonyl (C=O) groups is 1. The van der Waals surface area contributed by atoms with Gasteiger partial charge in [0.25, 0.3) is 0 Å². The molecule has 1 aliphatic rings. The minimum Gasteiger partial charge on any atom is -0.338 e. The first-order valence-electron chi connectivity index (χ1n) is 10.5. The maximum atomic E-state index is 13.5. The Bertz CT molecular complexity index is 1020. The fraction of sp³-hybridized carbons (Fsp3) is 0.333. The predicted octanol–water partition coefficient (Wildman–Crippen LogP) is 4.16. The summed E-state index contributed by atoms with van der Waals surface area (Å²) in [6.45, 7) is 1.70. The molecule has 3 aromatic rings. The van der Waals surface area contributed by atoms with Crippen LogP contribution in [-0.4, -0.2) is 45.1 Å². The van der Waals surface area contributed by atoms with Crippen LogP contribution < -0.4 is 0 Å². The van der Waals surface area contributed by atoms with Crippen molar-refractivity contribution in [2.45, 2.75) is 38.4 Å². The number of hydrogen-bond donors (Lipinski definition) is 0. The molecule has 31 heavy (non-hydrogen) atoms. The van der Waals surface area contributed by atoms with Crippen LogP contribution >= 0.6 is 0 Å². The van der Waals surface area contributed by atoms with Gasteiger partial charge in [-0.25, -0.2) is 13.5 Å². The lowest BCUT2D eigenvalue weighted by molar-refractivity contribution is -0.131. The summed E-state index contributed by atoms with van der Waals surface area (Å²) in [6.07, 6.45) is 5.75. The van der Waals surface area contributed by atoms with Crippen molar-refractivity contribution in [3.8, 4) is 5.69 Å². The van der Waals surface area contributed by atoms with Gasteiger partial charge in [0.15, 0.2) is 11.6 Å². The number of carbonyl (C=O) groups excluding carboxylic acids is 1. The molecule has 0 unspecified atom stereocenters. The minimum absolute atomic E-state index is 0.0595. The minimum atomic E-state index is -0.879. The molecule has 162 valence electrons. The molecule has 5 nitrogen and oxygen atoms in total. The molecule has 0 bridgehead atoms. The van der Waals surface area contributed by atoms with E-state index in [9.17, 15) is 13.6 Å². The summed E-state index contributed by atoms with van der Waals surface area (Å²) in [5, 5.41) is 4.24. The van der Waals surface area contributed by atoms with Crippen molar-refractivity contribution < 1.29 is 13.6 Å². The zero-order chi connectivity index (χ0) is 21.8. The standard InChI is InChI=1S/C24H26F2N4O/c1-28(16-18-3-6-21(7-4-18)30-13-2-12-27-30)20-8-10-24(31)29(14-11-20)17-19-5-9-22(25)23(26)15-19/h2-7,9,12-13,15,20H,8,10-11,14,16-17H2,1H3/t20-/m0/s1. The monoisotopic (exact) mass is 424 g/mol. The van der Waals surface area contributed by atoms with Crippen LogP contribution in [0.1, 0.15) is 30.4 Å². The summed E-state index contributed by atoms with van der Waals surface area (Å²) < 4.78 is 28.5. The van der Waals surface area contributed by atoms with Crippen LogP contribution in [0.25, 0.3) is 5.69 Å². The molecule has 1 aromatic heterocycles. The molecule has 1 aliphatic heterocycles. The third-order valence-corrected chi connectivity index (χ3v) is 5.89. The van der Waals surface area contributed by atoms with Crippen LogP contribution in [0.4, 0.5) is 8.78 Å². The van der Waals surface area contributed by atoms with Gasteiger partial charge in [0.1, 0.15) is 0 Å². The van der Waals surface area contributed by atoms with Gasteiger partial charge in [-0.2, -0.15) is 5.10 Å². The quantitative estimate of drug-likeness (QED) is 0.597. The zero-order valence-electron chi connectivity index (χ0n) is 17.5. The molecule has 7 heteroatoms. The van der Waals surface area contributed by atoms with Gasteiger partial charge in [0.2, 0.25) is 5.91 Å². The lowest BCUT2D eigenvalue weighted by Gasteiger charge is -2.27. The Kier molecular flexibility index (Phi) is 6.42. The highest BCUT2D eigenvalue weighted by Gasteiger charge is 2.25. The maximum Gasteiger partial charge on any atom is 0.222 e. The van der Waals surface area contributed by atoms with Crippen molar-refractivity contribution in [2.75, 3.05) is 13.6 Å². The topological polar surface area (TPSA) is 41.4 Å². The van der Waals surface area contributed by atoms with Crippen LogP contribution in [0.3, 0.4) is 0 Å². The smallest absolute Gasteiger partial charge is 0.222 e. The second-order valence-electron chi connectivity index (χ2n) is 8.08. The van der Waals surface area contributed by atoms with Crippen molar-refractivity contribution in [1.29, 1.82) is 0 Å². The Morgan fingerprint density at radius 3 is 2.55 bits per heavy atom. The average molecular weight is 424 g/mol. The first kappa shape index (κ1) is 21.2. The SMILES string of the molecule is CN(Cc1ccc(-n2cccn2)cc1)[C@H]1CCC(=O)N(Cc2ccc(F)c(F)c2)CC1. The van der Waals surface area contributed by atoms with Gasteiger partial charge in [0.05, 0.1) is 5.69 Å². The predicted molar refractivity (Wildman–Crippen MR) is 114 cm³/mol. The molecule has 0 spiro atoms. The van der Waals surface area contributed by atoms with E-state index in [1.54, 1.807) is 11.1 Å². The molecule has 1 saturated heterocycles. The first-order valence-corrected chi connectivity index (χ1v) is 10.5. The summed E-state index contributed by atoms with van der Waals surface area (Å²) in [4.78, 5) is 16.6. The molecule has 0 aliphatic carbocycles. The lowest BCUT2D eigenvalue weighted by atomic mass is 10.1. The van der Waals surface area contributed by atoms with E-state index >= 15 is 0 Å². The largest absolute Gasteiger partial charge is 0.338 e. The van der Waals surface area contributed by atoms with Gasteiger partial charge >= 0.3 is 0 Å². The fourth-order valence-corrected chi connectivity index (χ4v) is 4.08. The molecule has 1 fully saturated rings. The van der Waals surface area contributed by atoms with E-state index in [1.807, 2.05) is 16.9 Å². The van der Waals surface area contributed by atoms with Crippen LogP contribution in [-0.2, 0) is 17.9 Å². The number of hydrogen-bond acceptors (Lipinski definition) is 3. The molecular weight excluding hydrogens is 398 g/mol. The zero-order valence-corrected chi connectivity index (χ0v) is 17.5. The van der Waals surface area contributed by atoms with E-state index in [0.29, 0.717) is 25.1 Å². The van der Waals surface area contributed by atoms with Gasteiger partial charge in [-0.1, -0.05) is 18.2 Å². The second-order valence-corrected chi connectivity index (χ2v) is 8.08. The Morgan fingerprint density at radius 2 is 1.84 bits per heavy atom. The van der Waals surface area contributed by atoms with Crippen molar-refractivity contribution in [3.63, 3.8) is 0 Å². The maximum absolute atomic E-state index is 13.5. The van der Waals surface area contributed by atoms with Crippen molar-refractivity contribution >= 4 is 5.91 Å². The van der Waals surface area contributed by atoms with Gasteiger partial charge in [-0.3, -0.25) is 9.69 Å². The molecule has 1 atom stereocenters. The van der Waals surface area contributed by atoms with Gasteiger partial charge in [-0.15, -0.1) is 0 Å². The second kappa shape index (κ2) is 9.39. The lowest BCUT2D eigenvalue weighted by Crippen LogP contribution is -2.33. The van der Waals surface area contributed by atoms with Crippen LogP contribution in [0.5, 0.6) is 0 Å². The van der Waals surface area contributed by atoms with E-state index in [1.165, 1.54) is 17.7 Å². The van der Waals surface area contributed by atoms with Crippen LogP contribution in [0, 0.1) is 11.6 Å². The highest BCUT2D eigenvalue weighted by Crippen LogP contribution is 2.21. The van der Waals surface area contributed by atoms with Crippen molar-refractivity contribution in [3.05, 3.63) is 83.7 Å². The van der Waals surface area contributed by atoms with Gasteiger partial charge in [0, 0.05) is 44.5 Å². The normalized spacial score (nSPS) is 17.2. The van der Waals surface area contributed by atoms with E-state index in [-0.39, 0.29) is 11.9 Å². The molecule has 4 rings (SSSR count). The van der Waals surface area contributed by atoms with Crippen LogP contribution in [0.15, 0.2) is 60.9 Å². The molecule has 0 N–H and O–H groups in total. The summed E-state index contributed by atoms with van der Waals surface area (Å²) in [5.74, 6) is -1.69. The molecule has 0 saturated carbocycles. The van der Waals surface area contributed by atoms with Gasteiger partial charge in [-0.05, 0) is 61.3 Å². The third-order valence-electron chi connectivity index (χ3n) is 5.89. The third kappa shape index (κ3) is 5.17. The van der Waals surface area contributed by atoms with Crippen molar-refractivity contribution in [1.82, 2.24) is 19.6 Å². The molecule has 2 aromatic carbocycles. The highest BCUT2D eigenvalue weighted by molar-refractivity contribution is 5.76. The number of amides is 1. The van der Waals surface area contributed by atoms with E-state index in [2.05, 4.69) is 41.3 Å². The summed E-state index contributed by atoms with van der Waals surface area (Å²) in [6, 6.07) is 14.3. The Morgan fingerprint density at radius 1 is 1.06 bits per heavy atom.